The van der Waals surface area contributed by atoms with Gasteiger partial charge in [-0.05, 0) is 39.8 Å². The largest absolute Gasteiger partial charge is 0.490 e. The fourth-order valence-electron chi connectivity index (χ4n) is 2.42. The number of carbonyl (C=O) groups is 2. The van der Waals surface area contributed by atoms with Crippen LogP contribution in [-0.4, -0.2) is 39.8 Å². The molecule has 1 aromatic heterocycles. The molecule has 0 aliphatic heterocycles. The van der Waals surface area contributed by atoms with Crippen LogP contribution in [0.15, 0.2) is 22.6 Å². The van der Waals surface area contributed by atoms with Gasteiger partial charge in [0.2, 0.25) is 5.89 Å². The SMILES string of the molecule is COc1ccc(-c2nc(C(=O)O)c(C(C)NC(=O)OC(C)(C)C)o2)cc1[N+](=O)[O-]. The van der Waals surface area contributed by atoms with Gasteiger partial charge >= 0.3 is 17.7 Å². The molecule has 0 aliphatic carbocycles. The molecular weight excluding hydrogens is 386 g/mol. The molecule has 1 aromatic carbocycles. The number of rotatable bonds is 6. The summed E-state index contributed by atoms with van der Waals surface area (Å²) in [4.78, 5) is 38.0. The van der Waals surface area contributed by atoms with Crippen molar-refractivity contribution in [3.63, 3.8) is 0 Å². The van der Waals surface area contributed by atoms with Gasteiger partial charge in [-0.2, -0.15) is 0 Å². The smallest absolute Gasteiger partial charge is 0.408 e. The molecule has 29 heavy (non-hydrogen) atoms. The summed E-state index contributed by atoms with van der Waals surface area (Å²) in [5, 5.41) is 23.1. The number of carboxylic acid groups (broad SMARTS) is 1. The van der Waals surface area contributed by atoms with Gasteiger partial charge in [0, 0.05) is 11.6 Å². The second kappa shape index (κ2) is 8.17. The number of ether oxygens (including phenoxy) is 2. The summed E-state index contributed by atoms with van der Waals surface area (Å²) in [5.74, 6) is -1.63. The molecule has 0 bridgehead atoms. The van der Waals surface area contributed by atoms with Gasteiger partial charge in [-0.3, -0.25) is 10.1 Å². The zero-order valence-electron chi connectivity index (χ0n) is 16.5. The summed E-state index contributed by atoms with van der Waals surface area (Å²) in [5.41, 5.74) is -1.33. The van der Waals surface area contributed by atoms with E-state index in [0.717, 1.165) is 6.07 Å². The van der Waals surface area contributed by atoms with E-state index in [9.17, 15) is 24.8 Å². The normalized spacial score (nSPS) is 12.2. The number of methoxy groups -OCH3 is 1. The Bertz CT molecular complexity index is 945. The first-order chi connectivity index (χ1) is 13.4. The third-order valence-corrected chi connectivity index (χ3v) is 3.60. The Morgan fingerprint density at radius 3 is 2.52 bits per heavy atom. The summed E-state index contributed by atoms with van der Waals surface area (Å²) in [6.45, 7) is 6.55. The lowest BCUT2D eigenvalue weighted by Gasteiger charge is -2.21. The summed E-state index contributed by atoms with van der Waals surface area (Å²) >= 11 is 0. The van der Waals surface area contributed by atoms with E-state index < -0.39 is 34.3 Å². The second-order valence-electron chi connectivity index (χ2n) is 7.05. The minimum atomic E-state index is -1.38. The maximum Gasteiger partial charge on any atom is 0.408 e. The van der Waals surface area contributed by atoms with Gasteiger partial charge in [0.05, 0.1) is 18.1 Å². The molecule has 0 fully saturated rings. The number of hydrogen-bond acceptors (Lipinski definition) is 8. The number of nitro benzene ring substituents is 1. The number of nitrogens with one attached hydrogen (secondary N) is 1. The molecule has 0 saturated carbocycles. The van der Waals surface area contributed by atoms with Gasteiger partial charge in [0.15, 0.2) is 17.2 Å². The van der Waals surface area contributed by atoms with Crippen LogP contribution in [0.3, 0.4) is 0 Å². The summed E-state index contributed by atoms with van der Waals surface area (Å²) in [6, 6.07) is 3.07. The lowest BCUT2D eigenvalue weighted by molar-refractivity contribution is -0.385. The summed E-state index contributed by atoms with van der Waals surface area (Å²) in [7, 11) is 1.29. The van der Waals surface area contributed by atoms with Gasteiger partial charge in [-0.1, -0.05) is 0 Å². The molecule has 1 heterocycles. The van der Waals surface area contributed by atoms with Crippen LogP contribution in [0.4, 0.5) is 10.5 Å². The number of benzene rings is 1. The fraction of sp³-hybridized carbons (Fsp3) is 0.389. The Hall–Kier alpha value is -3.63. The van der Waals surface area contributed by atoms with E-state index in [2.05, 4.69) is 10.3 Å². The Morgan fingerprint density at radius 2 is 2.00 bits per heavy atom. The van der Waals surface area contributed by atoms with E-state index in [1.54, 1.807) is 20.8 Å². The van der Waals surface area contributed by atoms with Crippen LogP contribution in [0.5, 0.6) is 5.75 Å². The second-order valence-corrected chi connectivity index (χ2v) is 7.05. The Kier molecular flexibility index (Phi) is 6.10. The van der Waals surface area contributed by atoms with Crippen molar-refractivity contribution in [2.45, 2.75) is 39.3 Å². The zero-order valence-corrected chi connectivity index (χ0v) is 16.5. The minimum absolute atomic E-state index is 0.0314. The van der Waals surface area contributed by atoms with E-state index in [4.69, 9.17) is 13.9 Å². The van der Waals surface area contributed by atoms with Crippen LogP contribution in [0, 0.1) is 10.1 Å². The maximum atomic E-state index is 12.0. The first-order valence-electron chi connectivity index (χ1n) is 8.49. The summed E-state index contributed by atoms with van der Waals surface area (Å²) < 4.78 is 15.6. The van der Waals surface area contributed by atoms with Crippen LogP contribution in [0.2, 0.25) is 0 Å². The highest BCUT2D eigenvalue weighted by Crippen LogP contribution is 2.33. The van der Waals surface area contributed by atoms with Crippen LogP contribution in [0.1, 0.15) is 50.0 Å². The predicted molar refractivity (Wildman–Crippen MR) is 99.9 cm³/mol. The molecule has 2 aromatic rings. The van der Waals surface area contributed by atoms with Crippen molar-refractivity contribution in [3.05, 3.63) is 39.8 Å². The Labute approximate surface area is 165 Å². The van der Waals surface area contributed by atoms with Gasteiger partial charge < -0.3 is 24.3 Å². The minimum Gasteiger partial charge on any atom is -0.490 e. The van der Waals surface area contributed by atoms with Crippen molar-refractivity contribution in [2.75, 3.05) is 7.11 Å². The molecular formula is C18H21N3O8. The number of carbonyl (C=O) groups excluding carboxylic acids is 1. The third-order valence-electron chi connectivity index (χ3n) is 3.60. The number of nitro groups is 1. The number of amides is 1. The highest BCUT2D eigenvalue weighted by molar-refractivity contribution is 5.87. The van der Waals surface area contributed by atoms with Crippen molar-refractivity contribution >= 4 is 17.7 Å². The molecule has 1 unspecified atom stereocenters. The van der Waals surface area contributed by atoms with Crippen molar-refractivity contribution in [3.8, 4) is 17.2 Å². The van der Waals surface area contributed by atoms with Gasteiger partial charge in [-0.25, -0.2) is 14.6 Å². The maximum absolute atomic E-state index is 12.0. The van der Waals surface area contributed by atoms with Crippen LogP contribution in [-0.2, 0) is 4.74 Å². The molecule has 2 N–H and O–H groups in total. The molecule has 11 nitrogen and oxygen atoms in total. The monoisotopic (exact) mass is 407 g/mol. The fourth-order valence-corrected chi connectivity index (χ4v) is 2.42. The summed E-state index contributed by atoms with van der Waals surface area (Å²) in [6.07, 6.45) is -0.764. The van der Waals surface area contributed by atoms with Crippen molar-refractivity contribution < 1.29 is 33.5 Å². The van der Waals surface area contributed by atoms with Crippen molar-refractivity contribution in [1.29, 1.82) is 0 Å². The number of oxazole rings is 1. The quantitative estimate of drug-likeness (QED) is 0.540. The number of hydrogen-bond donors (Lipinski definition) is 2. The highest BCUT2D eigenvalue weighted by atomic mass is 16.6. The first-order valence-corrected chi connectivity index (χ1v) is 8.49. The van der Waals surface area contributed by atoms with Crippen molar-refractivity contribution in [2.24, 2.45) is 0 Å². The molecule has 11 heteroatoms. The van der Waals surface area contributed by atoms with E-state index in [0.29, 0.717) is 0 Å². The predicted octanol–water partition coefficient (Wildman–Crippen LogP) is 3.54. The van der Waals surface area contributed by atoms with E-state index in [-0.39, 0.29) is 28.7 Å². The molecule has 156 valence electrons. The van der Waals surface area contributed by atoms with Crippen LogP contribution >= 0.6 is 0 Å². The van der Waals surface area contributed by atoms with Crippen molar-refractivity contribution in [1.82, 2.24) is 10.3 Å². The van der Waals surface area contributed by atoms with Gasteiger partial charge in [0.25, 0.3) is 0 Å². The van der Waals surface area contributed by atoms with E-state index >= 15 is 0 Å². The standard InChI is InChI=1S/C18H21N3O8/c1-9(19-17(24)29-18(2,3)4)14-13(16(22)23)20-15(28-14)10-6-7-12(27-5)11(8-10)21(25)26/h6-9H,1-5H3,(H,19,24)(H,22,23). The molecule has 1 amide bonds. The van der Waals surface area contributed by atoms with Gasteiger partial charge in [-0.15, -0.1) is 0 Å². The van der Waals surface area contributed by atoms with Crippen LogP contribution in [0.25, 0.3) is 11.5 Å². The molecule has 0 saturated heterocycles. The highest BCUT2D eigenvalue weighted by Gasteiger charge is 2.28. The third kappa shape index (κ3) is 5.21. The number of nitrogens with zero attached hydrogens (tertiary/aromatic N) is 2. The molecule has 1 atom stereocenters. The molecule has 2 rings (SSSR count). The average molecular weight is 407 g/mol. The number of aromatic carboxylic acids is 1. The lowest BCUT2D eigenvalue weighted by atomic mass is 10.2. The topological polar surface area (TPSA) is 154 Å². The molecule has 0 aliphatic rings. The molecule has 0 radical (unpaired) electrons. The first kappa shape index (κ1) is 21.7. The lowest BCUT2D eigenvalue weighted by Crippen LogP contribution is -2.34. The van der Waals surface area contributed by atoms with E-state index in [1.165, 1.54) is 26.2 Å². The van der Waals surface area contributed by atoms with Crippen LogP contribution < -0.4 is 10.1 Å². The molecule has 0 spiro atoms. The zero-order chi connectivity index (χ0) is 21.9. The Morgan fingerprint density at radius 1 is 1.34 bits per heavy atom. The van der Waals surface area contributed by atoms with Gasteiger partial charge in [0.1, 0.15) is 5.60 Å². The average Bonchev–Trinajstić information content (AvgIpc) is 3.05. The number of carboxylic acids is 1. The number of alkyl carbamates (subject to hydrolysis) is 1. The van der Waals surface area contributed by atoms with E-state index in [1.807, 2.05) is 0 Å². The number of aromatic nitrogens is 1. The Balaban J connectivity index is 2.40.